The molecule has 35 heavy (non-hydrogen) atoms. The molecular weight excluding hydrogens is 467 g/mol. The number of anilines is 2. The van der Waals surface area contributed by atoms with Crippen LogP contribution in [0.4, 0.5) is 24.5 Å². The fourth-order valence-corrected chi connectivity index (χ4v) is 3.69. The highest BCUT2D eigenvalue weighted by molar-refractivity contribution is 6.14. The second kappa shape index (κ2) is 8.53. The van der Waals surface area contributed by atoms with E-state index in [2.05, 4.69) is 15.4 Å². The first kappa shape index (κ1) is 23.9. The Bertz CT molecular complexity index is 1320. The van der Waals surface area contributed by atoms with Gasteiger partial charge in [0.1, 0.15) is 11.1 Å². The molecule has 0 bridgehead atoms. The molecule has 0 atom stereocenters. The second-order valence-corrected chi connectivity index (χ2v) is 8.29. The molecule has 0 saturated heterocycles. The Hall–Kier alpha value is -4.22. The normalized spacial score (nSPS) is 14.8. The number of benzene rings is 1. The molecule has 2 aromatic heterocycles. The topological polar surface area (TPSA) is 106 Å². The zero-order chi connectivity index (χ0) is 25.5. The Morgan fingerprint density at radius 2 is 1.83 bits per heavy atom. The molecule has 3 aromatic rings. The first-order valence-corrected chi connectivity index (χ1v) is 10.4. The van der Waals surface area contributed by atoms with Crippen molar-refractivity contribution in [1.82, 2.24) is 14.8 Å². The van der Waals surface area contributed by atoms with E-state index < -0.39 is 41.7 Å². The number of nitrogens with one attached hydrogen (secondary N) is 1. The van der Waals surface area contributed by atoms with Gasteiger partial charge in [-0.25, -0.2) is 14.5 Å². The lowest BCUT2D eigenvalue weighted by Crippen LogP contribution is -2.59. The summed E-state index contributed by atoms with van der Waals surface area (Å²) in [6.07, 6.45) is -2.69. The molecule has 182 valence electrons. The van der Waals surface area contributed by atoms with Gasteiger partial charge < -0.3 is 10.1 Å². The fraction of sp³-hybridized carbons (Fsp3) is 0.261. The monoisotopic (exact) mass is 487 g/mol. The van der Waals surface area contributed by atoms with Crippen LogP contribution < -0.4 is 10.2 Å². The van der Waals surface area contributed by atoms with E-state index in [0.717, 1.165) is 12.1 Å². The van der Waals surface area contributed by atoms with Crippen LogP contribution in [0.3, 0.4) is 0 Å². The van der Waals surface area contributed by atoms with Crippen LogP contribution in [0.1, 0.15) is 35.5 Å². The number of hydrogen-bond donors (Lipinski definition) is 1. The summed E-state index contributed by atoms with van der Waals surface area (Å²) in [6.45, 7) is 4.01. The molecule has 3 heterocycles. The van der Waals surface area contributed by atoms with E-state index in [4.69, 9.17) is 4.74 Å². The third-order valence-corrected chi connectivity index (χ3v) is 5.61. The Morgan fingerprint density at radius 1 is 1.11 bits per heavy atom. The number of fused-ring (bicyclic) bond motifs is 1. The van der Waals surface area contributed by atoms with Gasteiger partial charge in [0.25, 0.3) is 5.91 Å². The summed E-state index contributed by atoms with van der Waals surface area (Å²) < 4.78 is 44.7. The molecule has 1 N–H and O–H groups in total. The van der Waals surface area contributed by atoms with Crippen LogP contribution in [-0.2, 0) is 20.5 Å². The number of para-hydroxylation sites is 2. The molecule has 0 radical (unpaired) electrons. The summed E-state index contributed by atoms with van der Waals surface area (Å²) in [6, 6.07) is 8.73. The lowest BCUT2D eigenvalue weighted by molar-refractivity contribution is -0.137. The number of carbonyl (C=O) groups excluding carboxylic acids is 3. The minimum atomic E-state index is -4.53. The summed E-state index contributed by atoms with van der Waals surface area (Å²) in [5.41, 5.74) is -0.950. The largest absolute Gasteiger partial charge is 0.452 e. The molecule has 0 saturated carbocycles. The Morgan fingerprint density at radius 3 is 2.49 bits per heavy atom. The Kier molecular flexibility index (Phi) is 5.83. The highest BCUT2D eigenvalue weighted by Crippen LogP contribution is 2.36. The molecule has 2 amide bonds. The van der Waals surface area contributed by atoms with E-state index in [1.807, 2.05) is 0 Å². The van der Waals surface area contributed by atoms with E-state index >= 15 is 0 Å². The molecule has 0 aliphatic carbocycles. The fourth-order valence-electron chi connectivity index (χ4n) is 3.69. The number of alkyl halides is 3. The smallest absolute Gasteiger partial charge is 0.417 e. The maximum Gasteiger partial charge on any atom is 0.417 e. The summed E-state index contributed by atoms with van der Waals surface area (Å²) in [5.74, 6) is -1.79. The molecule has 0 unspecified atom stereocenters. The summed E-state index contributed by atoms with van der Waals surface area (Å²) in [5, 5.41) is 6.75. The SMILES string of the molecule is Cc1c(C(=O)OCC(=O)N2c3ccccc3NC(=O)C2(C)C)cnn1-c1ccc(C(F)(F)F)cn1. The van der Waals surface area contributed by atoms with Gasteiger partial charge >= 0.3 is 12.1 Å². The third kappa shape index (κ3) is 4.34. The Balaban J connectivity index is 1.50. The standard InChI is InChI=1S/C23H20F3N5O4/c1-13-15(11-28-31(13)18-9-8-14(10-27-18)23(24,25)26)20(33)35-12-19(32)30-17-7-5-4-6-16(17)29-21(34)22(30,2)3/h4-11H,12H2,1-3H3,(H,29,34). The van der Waals surface area contributed by atoms with Crippen LogP contribution in [0.25, 0.3) is 5.82 Å². The van der Waals surface area contributed by atoms with Gasteiger partial charge in [-0.2, -0.15) is 18.3 Å². The average Bonchev–Trinajstić information content (AvgIpc) is 3.18. The van der Waals surface area contributed by atoms with Gasteiger partial charge in [-0.15, -0.1) is 0 Å². The summed E-state index contributed by atoms with van der Waals surface area (Å²) in [4.78, 5) is 43.2. The highest BCUT2D eigenvalue weighted by atomic mass is 19.4. The van der Waals surface area contributed by atoms with Crippen LogP contribution in [0, 0.1) is 6.92 Å². The number of pyridine rings is 1. The second-order valence-electron chi connectivity index (χ2n) is 8.29. The minimum absolute atomic E-state index is 0.00976. The van der Waals surface area contributed by atoms with Gasteiger partial charge in [-0.05, 0) is 45.0 Å². The van der Waals surface area contributed by atoms with Crippen LogP contribution in [-0.4, -0.2) is 44.7 Å². The van der Waals surface area contributed by atoms with Gasteiger partial charge in [-0.1, -0.05) is 12.1 Å². The molecule has 1 aliphatic rings. The van der Waals surface area contributed by atoms with E-state index in [0.29, 0.717) is 17.6 Å². The zero-order valence-corrected chi connectivity index (χ0v) is 18.9. The van der Waals surface area contributed by atoms with Crippen molar-refractivity contribution in [1.29, 1.82) is 0 Å². The number of amides is 2. The minimum Gasteiger partial charge on any atom is -0.452 e. The molecular formula is C23H20F3N5O4. The number of nitrogens with zero attached hydrogens (tertiary/aromatic N) is 4. The lowest BCUT2D eigenvalue weighted by atomic mass is 9.96. The van der Waals surface area contributed by atoms with Crippen molar-refractivity contribution < 1.29 is 32.3 Å². The van der Waals surface area contributed by atoms with Crippen molar-refractivity contribution in [3.63, 3.8) is 0 Å². The van der Waals surface area contributed by atoms with Crippen molar-refractivity contribution >= 4 is 29.2 Å². The first-order valence-electron chi connectivity index (χ1n) is 10.4. The number of ether oxygens (including phenoxy) is 1. The van der Waals surface area contributed by atoms with E-state index in [1.165, 1.54) is 22.7 Å². The third-order valence-electron chi connectivity index (χ3n) is 5.61. The number of halogens is 3. The van der Waals surface area contributed by atoms with Crippen molar-refractivity contribution in [3.8, 4) is 5.82 Å². The van der Waals surface area contributed by atoms with Crippen LogP contribution in [0.2, 0.25) is 0 Å². The van der Waals surface area contributed by atoms with Crippen LogP contribution >= 0.6 is 0 Å². The molecule has 0 fully saturated rings. The maximum absolute atomic E-state index is 13.0. The van der Waals surface area contributed by atoms with E-state index in [9.17, 15) is 27.6 Å². The number of hydrogen-bond acceptors (Lipinski definition) is 6. The lowest BCUT2D eigenvalue weighted by Gasteiger charge is -2.41. The molecule has 12 heteroatoms. The van der Waals surface area contributed by atoms with Crippen molar-refractivity contribution in [2.45, 2.75) is 32.5 Å². The zero-order valence-electron chi connectivity index (χ0n) is 18.9. The molecule has 1 aliphatic heterocycles. The van der Waals surface area contributed by atoms with Gasteiger partial charge in [0, 0.05) is 6.20 Å². The molecule has 4 rings (SSSR count). The van der Waals surface area contributed by atoms with Gasteiger partial charge in [0.15, 0.2) is 12.4 Å². The van der Waals surface area contributed by atoms with Crippen LogP contribution in [0.15, 0.2) is 48.8 Å². The number of rotatable bonds is 4. The van der Waals surface area contributed by atoms with Crippen LogP contribution in [0.5, 0.6) is 0 Å². The predicted molar refractivity (Wildman–Crippen MR) is 118 cm³/mol. The van der Waals surface area contributed by atoms with E-state index in [-0.39, 0.29) is 17.1 Å². The predicted octanol–water partition coefficient (Wildman–Crippen LogP) is 3.52. The van der Waals surface area contributed by atoms with Crippen molar-refractivity contribution in [3.05, 3.63) is 65.6 Å². The molecule has 1 aromatic carbocycles. The molecule has 9 nitrogen and oxygen atoms in total. The number of esters is 1. The van der Waals surface area contributed by atoms with Gasteiger partial charge in [-0.3, -0.25) is 14.5 Å². The average molecular weight is 487 g/mol. The number of carbonyl (C=O) groups is 3. The number of aromatic nitrogens is 3. The van der Waals surface area contributed by atoms with Crippen molar-refractivity contribution in [2.24, 2.45) is 0 Å². The summed E-state index contributed by atoms with van der Waals surface area (Å²) >= 11 is 0. The van der Waals surface area contributed by atoms with Gasteiger partial charge in [0.2, 0.25) is 5.91 Å². The quantitative estimate of drug-likeness (QED) is 0.565. The maximum atomic E-state index is 13.0. The Labute approximate surface area is 197 Å². The highest BCUT2D eigenvalue weighted by Gasteiger charge is 2.43. The molecule has 0 spiro atoms. The summed E-state index contributed by atoms with van der Waals surface area (Å²) in [7, 11) is 0. The first-order chi connectivity index (χ1) is 16.4. The van der Waals surface area contributed by atoms with E-state index in [1.54, 1.807) is 38.1 Å². The van der Waals surface area contributed by atoms with Gasteiger partial charge in [0.05, 0.1) is 28.8 Å². The van der Waals surface area contributed by atoms with Crippen molar-refractivity contribution in [2.75, 3.05) is 16.8 Å².